The van der Waals surface area contributed by atoms with Crippen LogP contribution in [0.25, 0.3) is 5.65 Å². The molecule has 7 nitrogen and oxygen atoms in total. The summed E-state index contributed by atoms with van der Waals surface area (Å²) in [6, 6.07) is 10.6. The molecule has 0 unspecified atom stereocenters. The van der Waals surface area contributed by atoms with Gasteiger partial charge in [-0.2, -0.15) is 27.1 Å². The van der Waals surface area contributed by atoms with Crippen LogP contribution in [0.2, 0.25) is 0 Å². The zero-order chi connectivity index (χ0) is 23.3. The Bertz CT molecular complexity index is 1230. The summed E-state index contributed by atoms with van der Waals surface area (Å²) in [7, 11) is -3.66. The number of piperazine rings is 1. The van der Waals surface area contributed by atoms with Crippen molar-refractivity contribution in [3.63, 3.8) is 0 Å². The van der Waals surface area contributed by atoms with Crippen LogP contribution in [0.4, 0.5) is 19.0 Å². The van der Waals surface area contributed by atoms with Gasteiger partial charge in [-0.05, 0) is 12.1 Å². The molecule has 3 heterocycles. The predicted molar refractivity (Wildman–Crippen MR) is 114 cm³/mol. The van der Waals surface area contributed by atoms with E-state index in [-0.39, 0.29) is 48.0 Å². The molecular formula is C21H24F3N5O2S. The van der Waals surface area contributed by atoms with Gasteiger partial charge in [0.1, 0.15) is 5.82 Å². The van der Waals surface area contributed by atoms with Gasteiger partial charge in [0, 0.05) is 43.7 Å². The van der Waals surface area contributed by atoms with Crippen LogP contribution in [-0.2, 0) is 21.6 Å². The fourth-order valence-electron chi connectivity index (χ4n) is 3.59. The van der Waals surface area contributed by atoms with Crippen molar-refractivity contribution in [1.82, 2.24) is 18.9 Å². The molecule has 0 amide bonds. The Kier molecular flexibility index (Phi) is 5.44. The van der Waals surface area contributed by atoms with Crippen molar-refractivity contribution in [2.45, 2.75) is 37.3 Å². The first-order chi connectivity index (χ1) is 14.9. The quantitative estimate of drug-likeness (QED) is 0.589. The number of fused-ring (bicyclic) bond motifs is 1. The molecule has 1 aliphatic heterocycles. The molecule has 3 aromatic rings. The summed E-state index contributed by atoms with van der Waals surface area (Å²) in [5, 5.41) is 4.51. The van der Waals surface area contributed by atoms with Crippen LogP contribution in [0.5, 0.6) is 0 Å². The third-order valence-electron chi connectivity index (χ3n) is 5.41. The Labute approximate surface area is 184 Å². The second-order valence-corrected chi connectivity index (χ2v) is 10.7. The van der Waals surface area contributed by atoms with Crippen molar-refractivity contribution in [3.8, 4) is 0 Å². The van der Waals surface area contributed by atoms with Gasteiger partial charge < -0.3 is 4.90 Å². The van der Waals surface area contributed by atoms with Gasteiger partial charge in [-0.3, -0.25) is 0 Å². The number of aromatic nitrogens is 3. The molecule has 0 saturated carbocycles. The topological polar surface area (TPSA) is 70.8 Å². The van der Waals surface area contributed by atoms with E-state index in [1.54, 1.807) is 29.2 Å². The average Bonchev–Trinajstić information content (AvgIpc) is 3.18. The summed E-state index contributed by atoms with van der Waals surface area (Å²) < 4.78 is 69.0. The van der Waals surface area contributed by atoms with Gasteiger partial charge in [0.2, 0.25) is 10.0 Å². The molecule has 1 saturated heterocycles. The second kappa shape index (κ2) is 7.73. The van der Waals surface area contributed by atoms with Gasteiger partial charge in [0.15, 0.2) is 11.3 Å². The van der Waals surface area contributed by atoms with Crippen molar-refractivity contribution in [2.75, 3.05) is 31.1 Å². The van der Waals surface area contributed by atoms with E-state index in [9.17, 15) is 21.6 Å². The smallest absolute Gasteiger partial charge is 0.354 e. The van der Waals surface area contributed by atoms with Gasteiger partial charge in [-0.15, -0.1) is 0 Å². The highest BCUT2D eigenvalue weighted by molar-refractivity contribution is 7.89. The number of rotatable bonds is 3. The maximum Gasteiger partial charge on any atom is 0.433 e. The summed E-state index contributed by atoms with van der Waals surface area (Å²) in [6.07, 6.45) is -4.61. The standard InChI is InChI=1S/C21H24F3N5O2S/c1-20(2,3)16-13-18-25-17(21(22,23)24)14-19(29(18)26-16)27-9-11-28(12-10-27)32(30,31)15-7-5-4-6-8-15/h4-8,13-14H,9-12H2,1-3H3. The first kappa shape index (κ1) is 22.5. The van der Waals surface area contributed by atoms with Crippen molar-refractivity contribution in [3.05, 3.63) is 53.9 Å². The normalized spacial score (nSPS) is 16.6. The Morgan fingerprint density at radius 2 is 1.53 bits per heavy atom. The lowest BCUT2D eigenvalue weighted by Crippen LogP contribution is -2.49. The zero-order valence-electron chi connectivity index (χ0n) is 18.0. The summed E-state index contributed by atoms with van der Waals surface area (Å²) in [4.78, 5) is 5.69. The summed E-state index contributed by atoms with van der Waals surface area (Å²) >= 11 is 0. The number of anilines is 1. The van der Waals surface area contributed by atoms with Crippen molar-refractivity contribution in [2.24, 2.45) is 0 Å². The molecule has 0 bridgehead atoms. The molecule has 32 heavy (non-hydrogen) atoms. The van der Waals surface area contributed by atoms with E-state index in [4.69, 9.17) is 0 Å². The van der Waals surface area contributed by atoms with Gasteiger partial charge in [-0.25, -0.2) is 13.4 Å². The van der Waals surface area contributed by atoms with Crippen LogP contribution in [0.15, 0.2) is 47.4 Å². The minimum Gasteiger partial charge on any atom is -0.354 e. The summed E-state index contributed by atoms with van der Waals surface area (Å²) in [6.45, 7) is 6.52. The van der Waals surface area contributed by atoms with E-state index in [1.807, 2.05) is 20.8 Å². The molecule has 2 aromatic heterocycles. The van der Waals surface area contributed by atoms with Crippen LogP contribution >= 0.6 is 0 Å². The monoisotopic (exact) mass is 467 g/mol. The zero-order valence-corrected chi connectivity index (χ0v) is 18.8. The molecule has 172 valence electrons. The molecule has 1 aromatic carbocycles. The van der Waals surface area contributed by atoms with Crippen LogP contribution in [-0.4, -0.2) is 53.5 Å². The van der Waals surface area contributed by atoms with E-state index in [2.05, 4.69) is 10.1 Å². The Hall–Kier alpha value is -2.66. The lowest BCUT2D eigenvalue weighted by molar-refractivity contribution is -0.141. The van der Waals surface area contributed by atoms with Gasteiger partial charge in [-0.1, -0.05) is 39.0 Å². The molecule has 0 radical (unpaired) electrons. The number of halogens is 3. The largest absolute Gasteiger partial charge is 0.433 e. The lowest BCUT2D eigenvalue weighted by atomic mass is 9.93. The lowest BCUT2D eigenvalue weighted by Gasteiger charge is -2.35. The molecule has 1 aliphatic rings. The number of sulfonamides is 1. The van der Waals surface area contributed by atoms with Crippen LogP contribution < -0.4 is 4.90 Å². The molecule has 11 heteroatoms. The van der Waals surface area contributed by atoms with Gasteiger partial charge >= 0.3 is 6.18 Å². The molecule has 0 aliphatic carbocycles. The fraction of sp³-hybridized carbons (Fsp3) is 0.429. The van der Waals surface area contributed by atoms with Crippen LogP contribution in [0.1, 0.15) is 32.2 Å². The van der Waals surface area contributed by atoms with Crippen molar-refractivity contribution in [1.29, 1.82) is 0 Å². The fourth-order valence-corrected chi connectivity index (χ4v) is 5.04. The second-order valence-electron chi connectivity index (χ2n) is 8.75. The van der Waals surface area contributed by atoms with Crippen molar-refractivity contribution < 1.29 is 21.6 Å². The maximum atomic E-state index is 13.5. The number of hydrogen-bond donors (Lipinski definition) is 0. The average molecular weight is 468 g/mol. The Morgan fingerprint density at radius 3 is 2.09 bits per heavy atom. The minimum absolute atomic E-state index is 0.110. The molecule has 4 rings (SSSR count). The minimum atomic E-state index is -4.61. The third-order valence-corrected chi connectivity index (χ3v) is 7.32. The molecule has 0 spiro atoms. The molecular weight excluding hydrogens is 443 g/mol. The maximum absolute atomic E-state index is 13.5. The number of nitrogens with zero attached hydrogens (tertiary/aromatic N) is 5. The highest BCUT2D eigenvalue weighted by Crippen LogP contribution is 2.33. The van der Waals surface area contributed by atoms with E-state index in [1.165, 1.54) is 21.0 Å². The Morgan fingerprint density at radius 1 is 0.906 bits per heavy atom. The number of hydrogen-bond acceptors (Lipinski definition) is 5. The van der Waals surface area contributed by atoms with Crippen molar-refractivity contribution >= 4 is 21.5 Å². The van der Waals surface area contributed by atoms with E-state index in [0.29, 0.717) is 5.69 Å². The third kappa shape index (κ3) is 4.18. The van der Waals surface area contributed by atoms with E-state index in [0.717, 1.165) is 6.07 Å². The predicted octanol–water partition coefficient (Wildman–Crippen LogP) is 3.56. The highest BCUT2D eigenvalue weighted by Gasteiger charge is 2.36. The van der Waals surface area contributed by atoms with Gasteiger partial charge in [0.25, 0.3) is 0 Å². The molecule has 0 atom stereocenters. The van der Waals surface area contributed by atoms with E-state index >= 15 is 0 Å². The number of benzene rings is 1. The van der Waals surface area contributed by atoms with Crippen LogP contribution in [0.3, 0.4) is 0 Å². The molecule has 1 fully saturated rings. The molecule has 0 N–H and O–H groups in total. The van der Waals surface area contributed by atoms with Gasteiger partial charge in [0.05, 0.1) is 10.6 Å². The van der Waals surface area contributed by atoms with Crippen LogP contribution in [0, 0.1) is 0 Å². The first-order valence-electron chi connectivity index (χ1n) is 10.2. The highest BCUT2D eigenvalue weighted by atomic mass is 32.2. The summed E-state index contributed by atoms with van der Waals surface area (Å²) in [5.74, 6) is 0.245. The first-order valence-corrected chi connectivity index (χ1v) is 11.6. The number of alkyl halides is 3. The summed E-state index contributed by atoms with van der Waals surface area (Å²) in [5.41, 5.74) is -0.638. The SMILES string of the molecule is CC(C)(C)c1cc2nc(C(F)(F)F)cc(N3CCN(S(=O)(=O)c4ccccc4)CC3)n2n1. The van der Waals surface area contributed by atoms with E-state index < -0.39 is 21.9 Å². The Balaban J connectivity index is 1.67.